The second-order valence-electron chi connectivity index (χ2n) is 4.67. The van der Waals surface area contributed by atoms with Gasteiger partial charge in [0.25, 0.3) is 10.0 Å². The van der Waals surface area contributed by atoms with Gasteiger partial charge in [-0.15, -0.1) is 0 Å². The first-order valence-corrected chi connectivity index (χ1v) is 8.22. The van der Waals surface area contributed by atoms with Crippen LogP contribution in [0.5, 0.6) is 0 Å². The average Bonchev–Trinajstić information content (AvgIpc) is 2.49. The van der Waals surface area contributed by atoms with Crippen molar-refractivity contribution in [3.05, 3.63) is 47.7 Å². The molecule has 2 N–H and O–H groups in total. The Labute approximate surface area is 125 Å². The largest absolute Gasteiger partial charge is 0.386 e. The van der Waals surface area contributed by atoms with Crippen molar-refractivity contribution in [3.63, 3.8) is 0 Å². The van der Waals surface area contributed by atoms with E-state index in [9.17, 15) is 8.42 Å². The van der Waals surface area contributed by atoms with E-state index >= 15 is 0 Å². The highest BCUT2D eigenvalue weighted by molar-refractivity contribution is 7.92. The maximum Gasteiger partial charge on any atom is 0.281 e. The van der Waals surface area contributed by atoms with Gasteiger partial charge in [-0.3, -0.25) is 4.72 Å². The SMILES string of the molecule is CCc1cccc(C)c1NS(=O)(=O)c1ncccc1NC. The molecule has 2 aromatic rings. The normalized spacial score (nSPS) is 11.2. The van der Waals surface area contributed by atoms with Crippen molar-refractivity contribution in [1.82, 2.24) is 4.98 Å². The minimum Gasteiger partial charge on any atom is -0.386 e. The van der Waals surface area contributed by atoms with E-state index in [4.69, 9.17) is 0 Å². The average molecular weight is 305 g/mol. The maximum absolute atomic E-state index is 12.6. The van der Waals surface area contributed by atoms with E-state index in [0.29, 0.717) is 11.4 Å². The molecule has 0 aliphatic rings. The van der Waals surface area contributed by atoms with E-state index in [-0.39, 0.29) is 5.03 Å². The summed E-state index contributed by atoms with van der Waals surface area (Å²) in [6.07, 6.45) is 2.22. The topological polar surface area (TPSA) is 71.1 Å². The molecule has 1 aromatic carbocycles. The third-order valence-electron chi connectivity index (χ3n) is 3.27. The summed E-state index contributed by atoms with van der Waals surface area (Å²) in [6, 6.07) is 9.10. The Bertz CT molecular complexity index is 742. The summed E-state index contributed by atoms with van der Waals surface area (Å²) in [4.78, 5) is 3.99. The fourth-order valence-electron chi connectivity index (χ4n) is 2.15. The van der Waals surface area contributed by atoms with E-state index < -0.39 is 10.0 Å². The molecular formula is C15H19N3O2S. The van der Waals surface area contributed by atoms with E-state index in [2.05, 4.69) is 15.0 Å². The van der Waals surface area contributed by atoms with Crippen LogP contribution >= 0.6 is 0 Å². The zero-order valence-corrected chi connectivity index (χ0v) is 13.2. The fourth-order valence-corrected chi connectivity index (χ4v) is 3.46. The molecule has 21 heavy (non-hydrogen) atoms. The number of aryl methyl sites for hydroxylation is 2. The summed E-state index contributed by atoms with van der Waals surface area (Å²) >= 11 is 0. The van der Waals surface area contributed by atoms with Crippen molar-refractivity contribution < 1.29 is 8.42 Å². The Morgan fingerprint density at radius 1 is 1.19 bits per heavy atom. The van der Waals surface area contributed by atoms with Gasteiger partial charge in [0, 0.05) is 13.2 Å². The Morgan fingerprint density at radius 3 is 2.62 bits per heavy atom. The van der Waals surface area contributed by atoms with Crippen LogP contribution in [0.2, 0.25) is 0 Å². The molecule has 0 saturated heterocycles. The Morgan fingerprint density at radius 2 is 1.95 bits per heavy atom. The van der Waals surface area contributed by atoms with Gasteiger partial charge in [-0.2, -0.15) is 8.42 Å². The number of hydrogen-bond acceptors (Lipinski definition) is 4. The number of nitrogens with zero attached hydrogens (tertiary/aromatic N) is 1. The zero-order valence-electron chi connectivity index (χ0n) is 12.3. The number of nitrogens with one attached hydrogen (secondary N) is 2. The van der Waals surface area contributed by atoms with Gasteiger partial charge in [0.15, 0.2) is 5.03 Å². The molecule has 1 aromatic heterocycles. The number of para-hydroxylation sites is 1. The molecule has 0 atom stereocenters. The summed E-state index contributed by atoms with van der Waals surface area (Å²) in [7, 11) is -2.07. The molecule has 0 fully saturated rings. The van der Waals surface area contributed by atoms with E-state index in [1.54, 1.807) is 19.2 Å². The van der Waals surface area contributed by atoms with Gasteiger partial charge < -0.3 is 5.32 Å². The van der Waals surface area contributed by atoms with Gasteiger partial charge >= 0.3 is 0 Å². The Hall–Kier alpha value is -2.08. The van der Waals surface area contributed by atoms with Crippen LogP contribution in [0.1, 0.15) is 18.1 Å². The van der Waals surface area contributed by atoms with E-state index in [0.717, 1.165) is 17.5 Å². The van der Waals surface area contributed by atoms with Gasteiger partial charge in [-0.25, -0.2) is 4.98 Å². The van der Waals surface area contributed by atoms with E-state index in [1.165, 1.54) is 6.20 Å². The van der Waals surface area contributed by atoms with Crippen LogP contribution in [0, 0.1) is 6.92 Å². The molecule has 1 heterocycles. The van der Waals surface area contributed by atoms with Crippen LogP contribution in [0.3, 0.4) is 0 Å². The van der Waals surface area contributed by atoms with Crippen molar-refractivity contribution in [2.75, 3.05) is 17.1 Å². The number of pyridine rings is 1. The lowest BCUT2D eigenvalue weighted by Gasteiger charge is -2.15. The quantitative estimate of drug-likeness (QED) is 0.891. The number of aromatic nitrogens is 1. The molecule has 6 heteroatoms. The van der Waals surface area contributed by atoms with Gasteiger partial charge in [-0.05, 0) is 36.6 Å². The van der Waals surface area contributed by atoms with Gasteiger partial charge in [0.2, 0.25) is 0 Å². The number of hydrogen-bond donors (Lipinski definition) is 2. The molecule has 5 nitrogen and oxygen atoms in total. The third kappa shape index (κ3) is 3.16. The molecule has 112 valence electrons. The summed E-state index contributed by atoms with van der Waals surface area (Å²) in [5.41, 5.74) is 2.95. The molecular weight excluding hydrogens is 286 g/mol. The first-order chi connectivity index (χ1) is 9.99. The number of anilines is 2. The standard InChI is InChI=1S/C15H19N3O2S/c1-4-12-8-5-7-11(2)14(12)18-21(19,20)15-13(16-3)9-6-10-17-15/h5-10,16,18H,4H2,1-3H3. The van der Waals surface area contributed by atoms with Gasteiger partial charge in [0.05, 0.1) is 11.4 Å². The molecule has 0 unspecified atom stereocenters. The molecule has 0 aliphatic heterocycles. The number of rotatable bonds is 5. The fraction of sp³-hybridized carbons (Fsp3) is 0.267. The predicted molar refractivity (Wildman–Crippen MR) is 85.1 cm³/mol. The minimum absolute atomic E-state index is 0.00203. The molecule has 0 bridgehead atoms. The van der Waals surface area contributed by atoms with Gasteiger partial charge in [0.1, 0.15) is 0 Å². The molecule has 0 radical (unpaired) electrons. The third-order valence-corrected chi connectivity index (χ3v) is 4.58. The second kappa shape index (κ2) is 6.13. The Balaban J connectivity index is 2.48. The monoisotopic (exact) mass is 305 g/mol. The smallest absolute Gasteiger partial charge is 0.281 e. The van der Waals surface area contributed by atoms with Crippen LogP contribution in [0.4, 0.5) is 11.4 Å². The predicted octanol–water partition coefficient (Wildman–Crippen LogP) is 2.79. The van der Waals surface area contributed by atoms with Crippen molar-refractivity contribution in [2.45, 2.75) is 25.3 Å². The first kappa shape index (κ1) is 15.3. The number of benzene rings is 1. The van der Waals surface area contributed by atoms with Crippen LogP contribution in [0.25, 0.3) is 0 Å². The minimum atomic E-state index is -3.73. The lowest BCUT2D eigenvalue weighted by atomic mass is 10.1. The summed E-state index contributed by atoms with van der Waals surface area (Å²) in [5.74, 6) is 0. The summed E-state index contributed by atoms with van der Waals surface area (Å²) < 4.78 is 27.8. The maximum atomic E-state index is 12.6. The van der Waals surface area contributed by atoms with E-state index in [1.807, 2.05) is 32.0 Å². The summed E-state index contributed by atoms with van der Waals surface area (Å²) in [6.45, 7) is 3.88. The molecule has 0 spiro atoms. The van der Waals surface area contributed by atoms with Crippen molar-refractivity contribution in [2.24, 2.45) is 0 Å². The highest BCUT2D eigenvalue weighted by atomic mass is 32.2. The first-order valence-electron chi connectivity index (χ1n) is 6.73. The molecule has 2 rings (SSSR count). The van der Waals surface area contributed by atoms with Crippen molar-refractivity contribution in [1.29, 1.82) is 0 Å². The van der Waals surface area contributed by atoms with Crippen LogP contribution in [-0.4, -0.2) is 20.4 Å². The lowest BCUT2D eigenvalue weighted by Crippen LogP contribution is -2.18. The molecule has 0 amide bonds. The van der Waals surface area contributed by atoms with Gasteiger partial charge in [-0.1, -0.05) is 25.1 Å². The number of sulfonamides is 1. The molecule has 0 saturated carbocycles. The highest BCUT2D eigenvalue weighted by Crippen LogP contribution is 2.26. The van der Waals surface area contributed by atoms with Crippen LogP contribution in [0.15, 0.2) is 41.6 Å². The zero-order chi connectivity index (χ0) is 15.5. The van der Waals surface area contributed by atoms with Crippen molar-refractivity contribution in [3.8, 4) is 0 Å². The summed E-state index contributed by atoms with van der Waals surface area (Å²) in [5, 5.41) is 2.85. The second-order valence-corrected chi connectivity index (χ2v) is 6.27. The van der Waals surface area contributed by atoms with Crippen LogP contribution < -0.4 is 10.0 Å². The van der Waals surface area contributed by atoms with Crippen molar-refractivity contribution >= 4 is 21.4 Å². The lowest BCUT2D eigenvalue weighted by molar-refractivity contribution is 0.598. The highest BCUT2D eigenvalue weighted by Gasteiger charge is 2.21. The Kier molecular flexibility index (Phi) is 4.47. The van der Waals surface area contributed by atoms with Crippen LogP contribution in [-0.2, 0) is 16.4 Å². The molecule has 0 aliphatic carbocycles.